The van der Waals surface area contributed by atoms with Crippen LogP contribution >= 0.6 is 0 Å². The molecule has 2 fully saturated rings. The number of methoxy groups -OCH3 is 1. The first-order valence-corrected chi connectivity index (χ1v) is 9.27. The summed E-state index contributed by atoms with van der Waals surface area (Å²) in [4.78, 5) is 27.3. The van der Waals surface area contributed by atoms with E-state index in [0.717, 1.165) is 37.7 Å². The number of ether oxygens (including phenoxy) is 2. The quantitative estimate of drug-likeness (QED) is 0.774. The van der Waals surface area contributed by atoms with Crippen molar-refractivity contribution in [1.29, 1.82) is 0 Å². The predicted octanol–water partition coefficient (Wildman–Crippen LogP) is 2.50. The molecule has 1 aromatic rings. The molecule has 0 N–H and O–H groups in total. The van der Waals surface area contributed by atoms with E-state index in [4.69, 9.17) is 9.47 Å². The van der Waals surface area contributed by atoms with Crippen molar-refractivity contribution in [1.82, 2.24) is 4.90 Å². The summed E-state index contributed by atoms with van der Waals surface area (Å²) in [6.45, 7) is 2.10. The van der Waals surface area contributed by atoms with E-state index in [-0.39, 0.29) is 30.1 Å². The van der Waals surface area contributed by atoms with Crippen LogP contribution in [0.3, 0.4) is 0 Å². The van der Waals surface area contributed by atoms with E-state index >= 15 is 0 Å². The van der Waals surface area contributed by atoms with Gasteiger partial charge in [0.2, 0.25) is 0 Å². The molecule has 0 radical (unpaired) electrons. The lowest BCUT2D eigenvalue weighted by atomic mass is 9.91. The first-order chi connectivity index (χ1) is 12.1. The van der Waals surface area contributed by atoms with Crippen LogP contribution in [0.15, 0.2) is 18.2 Å². The Balaban J connectivity index is 1.63. The summed E-state index contributed by atoms with van der Waals surface area (Å²) >= 11 is 0. The van der Waals surface area contributed by atoms with Crippen LogP contribution < -0.4 is 0 Å². The number of rotatable bonds is 2. The number of hydrogen-bond donors (Lipinski definition) is 0. The lowest BCUT2D eigenvalue weighted by molar-refractivity contribution is -0.153. The molecule has 5 nitrogen and oxygen atoms in total. The maximum absolute atomic E-state index is 13.4. The molecule has 5 heteroatoms. The van der Waals surface area contributed by atoms with Gasteiger partial charge >= 0.3 is 5.97 Å². The number of aryl methyl sites for hydroxylation is 1. The van der Waals surface area contributed by atoms with Crippen molar-refractivity contribution < 1.29 is 19.1 Å². The number of fused-ring (bicyclic) bond motifs is 2. The molecule has 4 atom stereocenters. The molecule has 0 unspecified atom stereocenters. The topological polar surface area (TPSA) is 55.8 Å². The normalized spacial score (nSPS) is 30.7. The van der Waals surface area contributed by atoms with Gasteiger partial charge < -0.3 is 14.4 Å². The van der Waals surface area contributed by atoms with Crippen LogP contribution in [0.25, 0.3) is 0 Å². The molecule has 4 rings (SSSR count). The highest BCUT2D eigenvalue weighted by molar-refractivity contribution is 5.97. The molecule has 1 aliphatic carbocycles. The third-order valence-corrected chi connectivity index (χ3v) is 6.00. The van der Waals surface area contributed by atoms with Crippen molar-refractivity contribution in [3.63, 3.8) is 0 Å². The van der Waals surface area contributed by atoms with Crippen LogP contribution in [0.4, 0.5) is 0 Å². The zero-order valence-electron chi connectivity index (χ0n) is 14.9. The number of hydrogen-bond acceptors (Lipinski definition) is 4. The van der Waals surface area contributed by atoms with E-state index in [1.807, 2.05) is 17.0 Å². The van der Waals surface area contributed by atoms with Crippen LogP contribution in [0.1, 0.15) is 54.1 Å². The van der Waals surface area contributed by atoms with Crippen molar-refractivity contribution in [3.8, 4) is 0 Å². The van der Waals surface area contributed by atoms with Gasteiger partial charge in [0.05, 0.1) is 19.3 Å². The Bertz CT molecular complexity index is 701. The summed E-state index contributed by atoms with van der Waals surface area (Å²) in [5.74, 6) is -0.245. The van der Waals surface area contributed by atoms with Gasteiger partial charge in [-0.15, -0.1) is 0 Å². The largest absolute Gasteiger partial charge is 0.467 e. The SMILES string of the molecule is COC(=O)[C@@H]1C[C@@H]2[C@H](CC[C@H](C)N2C(=O)c2cccc3c2CCC3)O1. The second-order valence-corrected chi connectivity index (χ2v) is 7.42. The summed E-state index contributed by atoms with van der Waals surface area (Å²) in [6, 6.07) is 6.19. The molecule has 2 saturated heterocycles. The van der Waals surface area contributed by atoms with Gasteiger partial charge in [0, 0.05) is 18.0 Å². The number of nitrogens with zero attached hydrogens (tertiary/aromatic N) is 1. The molecule has 3 aliphatic rings. The van der Waals surface area contributed by atoms with Crippen molar-refractivity contribution >= 4 is 11.9 Å². The van der Waals surface area contributed by atoms with Crippen molar-refractivity contribution in [2.75, 3.05) is 7.11 Å². The standard InChI is InChI=1S/C20H25NO4/c1-12-9-10-17-16(11-18(25-17)20(23)24-2)21(12)19(22)15-8-4-6-13-5-3-7-14(13)15/h4,6,8,12,16-18H,3,5,7,9-11H2,1-2H3/t12-,16+,17-,18-/m0/s1. The van der Waals surface area contributed by atoms with E-state index in [1.54, 1.807) is 0 Å². The third kappa shape index (κ3) is 2.74. The Morgan fingerprint density at radius 2 is 2.08 bits per heavy atom. The highest BCUT2D eigenvalue weighted by Gasteiger charge is 2.48. The van der Waals surface area contributed by atoms with Gasteiger partial charge in [-0.05, 0) is 56.2 Å². The van der Waals surface area contributed by atoms with Gasteiger partial charge in [-0.2, -0.15) is 0 Å². The lowest BCUT2D eigenvalue weighted by Gasteiger charge is -2.41. The van der Waals surface area contributed by atoms with Gasteiger partial charge in [0.15, 0.2) is 6.10 Å². The van der Waals surface area contributed by atoms with Crippen molar-refractivity contribution in [2.24, 2.45) is 0 Å². The number of likely N-dealkylation sites (tertiary alicyclic amines) is 1. The average Bonchev–Trinajstić information content (AvgIpc) is 3.26. The molecule has 0 bridgehead atoms. The fourth-order valence-corrected chi connectivity index (χ4v) is 4.75. The summed E-state index contributed by atoms with van der Waals surface area (Å²) in [7, 11) is 1.38. The minimum atomic E-state index is -0.554. The number of carbonyl (C=O) groups is 2. The average molecular weight is 343 g/mol. The van der Waals surface area contributed by atoms with Gasteiger partial charge in [-0.3, -0.25) is 4.79 Å². The Labute approximate surface area is 148 Å². The fourth-order valence-electron chi connectivity index (χ4n) is 4.75. The van der Waals surface area contributed by atoms with Crippen LogP contribution in [0.2, 0.25) is 0 Å². The highest BCUT2D eigenvalue weighted by atomic mass is 16.6. The third-order valence-electron chi connectivity index (χ3n) is 6.00. The Morgan fingerprint density at radius 3 is 2.88 bits per heavy atom. The van der Waals surface area contributed by atoms with Gasteiger partial charge in [0.1, 0.15) is 0 Å². The van der Waals surface area contributed by atoms with Crippen LogP contribution in [-0.2, 0) is 27.1 Å². The number of benzene rings is 1. The molecule has 1 aromatic carbocycles. The maximum atomic E-state index is 13.4. The molecule has 134 valence electrons. The molecular formula is C20H25NO4. The molecule has 1 amide bonds. The Morgan fingerprint density at radius 1 is 1.24 bits per heavy atom. The minimum absolute atomic E-state index is 0.0439. The summed E-state index contributed by atoms with van der Waals surface area (Å²) in [5, 5.41) is 0. The van der Waals surface area contributed by atoms with Gasteiger partial charge in [-0.25, -0.2) is 4.79 Å². The number of esters is 1. The Kier molecular flexibility index (Phi) is 4.28. The second-order valence-electron chi connectivity index (χ2n) is 7.42. The maximum Gasteiger partial charge on any atom is 0.335 e. The summed E-state index contributed by atoms with van der Waals surface area (Å²) in [6.07, 6.45) is 4.85. The molecule has 25 heavy (non-hydrogen) atoms. The van der Waals surface area contributed by atoms with Crippen LogP contribution in [0.5, 0.6) is 0 Å². The zero-order valence-corrected chi connectivity index (χ0v) is 14.9. The summed E-state index contributed by atoms with van der Waals surface area (Å²) in [5.41, 5.74) is 3.36. The van der Waals surface area contributed by atoms with E-state index in [1.165, 1.54) is 18.2 Å². The van der Waals surface area contributed by atoms with Crippen LogP contribution in [-0.4, -0.2) is 48.2 Å². The van der Waals surface area contributed by atoms with Crippen molar-refractivity contribution in [2.45, 2.75) is 69.7 Å². The molecule has 0 spiro atoms. The van der Waals surface area contributed by atoms with Crippen molar-refractivity contribution in [3.05, 3.63) is 34.9 Å². The van der Waals surface area contributed by atoms with E-state index < -0.39 is 6.10 Å². The van der Waals surface area contributed by atoms with E-state index in [0.29, 0.717) is 6.42 Å². The number of carbonyl (C=O) groups excluding carboxylic acids is 2. The van der Waals surface area contributed by atoms with Gasteiger partial charge in [0.25, 0.3) is 5.91 Å². The lowest BCUT2D eigenvalue weighted by Crippen LogP contribution is -2.53. The summed E-state index contributed by atoms with van der Waals surface area (Å²) < 4.78 is 10.7. The zero-order chi connectivity index (χ0) is 17.6. The van der Waals surface area contributed by atoms with Crippen LogP contribution in [0, 0.1) is 0 Å². The molecule has 0 saturated carbocycles. The van der Waals surface area contributed by atoms with E-state index in [2.05, 4.69) is 13.0 Å². The predicted molar refractivity (Wildman–Crippen MR) is 92.4 cm³/mol. The first-order valence-electron chi connectivity index (χ1n) is 9.27. The first kappa shape index (κ1) is 16.6. The van der Waals surface area contributed by atoms with E-state index in [9.17, 15) is 9.59 Å². The highest BCUT2D eigenvalue weighted by Crippen LogP contribution is 2.37. The molecule has 2 heterocycles. The monoisotopic (exact) mass is 343 g/mol. The smallest absolute Gasteiger partial charge is 0.335 e. The van der Waals surface area contributed by atoms with Gasteiger partial charge in [-0.1, -0.05) is 12.1 Å². The fraction of sp³-hybridized carbons (Fsp3) is 0.600. The Hall–Kier alpha value is -1.88. The molecule has 0 aromatic heterocycles. The molecular weight excluding hydrogens is 318 g/mol. The number of amides is 1. The number of piperidine rings is 1. The minimum Gasteiger partial charge on any atom is -0.467 e. The molecule has 2 aliphatic heterocycles. The second kappa shape index (κ2) is 6.45.